The Bertz CT molecular complexity index is 390. The maximum Gasteiger partial charge on any atom is 0.252 e. The Balaban J connectivity index is 2.61. The molecule has 3 N–H and O–H groups in total. The van der Waals surface area contributed by atoms with Crippen LogP contribution in [0.1, 0.15) is 32.5 Å². The van der Waals surface area contributed by atoms with Gasteiger partial charge in [0.2, 0.25) is 0 Å². The van der Waals surface area contributed by atoms with Crippen LogP contribution >= 0.6 is 0 Å². The fourth-order valence-electron chi connectivity index (χ4n) is 1.65. The molecule has 1 unspecified atom stereocenters. The van der Waals surface area contributed by atoms with E-state index in [1.165, 1.54) is 6.07 Å². The van der Waals surface area contributed by atoms with Gasteiger partial charge in [-0.25, -0.2) is 4.98 Å². The second kappa shape index (κ2) is 7.06. The molecule has 96 valence electrons. The van der Waals surface area contributed by atoms with Crippen LogP contribution in [0.3, 0.4) is 0 Å². The smallest absolute Gasteiger partial charge is 0.252 e. The van der Waals surface area contributed by atoms with Crippen molar-refractivity contribution >= 4 is 5.82 Å². The number of H-pyrrole nitrogens is 1. The van der Waals surface area contributed by atoms with Gasteiger partial charge in [-0.3, -0.25) is 4.79 Å². The Morgan fingerprint density at radius 3 is 2.88 bits per heavy atom. The number of aromatic amines is 1. The SMILES string of the molecule is CCc1nc(NCC(CC)CCO)cc(=O)[nH]1. The normalized spacial score (nSPS) is 12.4. The molecule has 0 aromatic carbocycles. The lowest BCUT2D eigenvalue weighted by Crippen LogP contribution is -2.18. The van der Waals surface area contributed by atoms with Crippen LogP contribution in [0.15, 0.2) is 10.9 Å². The molecule has 0 spiro atoms. The summed E-state index contributed by atoms with van der Waals surface area (Å²) in [6.07, 6.45) is 2.48. The largest absolute Gasteiger partial charge is 0.396 e. The molecule has 0 fully saturated rings. The average Bonchev–Trinajstić information content (AvgIpc) is 2.33. The highest BCUT2D eigenvalue weighted by atomic mass is 16.3. The minimum atomic E-state index is -0.130. The van der Waals surface area contributed by atoms with E-state index in [0.717, 1.165) is 19.4 Å². The number of nitrogens with one attached hydrogen (secondary N) is 2. The van der Waals surface area contributed by atoms with Crippen molar-refractivity contribution in [2.75, 3.05) is 18.5 Å². The number of hydrogen-bond acceptors (Lipinski definition) is 4. The quantitative estimate of drug-likeness (QED) is 0.667. The second-order valence-electron chi connectivity index (χ2n) is 4.10. The van der Waals surface area contributed by atoms with E-state index in [2.05, 4.69) is 22.2 Å². The van der Waals surface area contributed by atoms with Gasteiger partial charge in [0.15, 0.2) is 0 Å². The van der Waals surface area contributed by atoms with E-state index in [1.807, 2.05) is 6.92 Å². The Morgan fingerprint density at radius 2 is 2.29 bits per heavy atom. The van der Waals surface area contributed by atoms with Crippen LogP contribution < -0.4 is 10.9 Å². The van der Waals surface area contributed by atoms with Crippen LogP contribution in [0.4, 0.5) is 5.82 Å². The maximum absolute atomic E-state index is 11.3. The summed E-state index contributed by atoms with van der Waals surface area (Å²) < 4.78 is 0. The Labute approximate surface area is 101 Å². The van der Waals surface area contributed by atoms with Gasteiger partial charge in [0.05, 0.1) is 0 Å². The van der Waals surface area contributed by atoms with E-state index < -0.39 is 0 Å². The van der Waals surface area contributed by atoms with Gasteiger partial charge in [-0.05, 0) is 12.3 Å². The minimum absolute atomic E-state index is 0.130. The molecular weight excluding hydrogens is 218 g/mol. The topological polar surface area (TPSA) is 78.0 Å². The van der Waals surface area contributed by atoms with E-state index in [0.29, 0.717) is 24.0 Å². The monoisotopic (exact) mass is 239 g/mol. The van der Waals surface area contributed by atoms with Crippen molar-refractivity contribution in [1.29, 1.82) is 0 Å². The summed E-state index contributed by atoms with van der Waals surface area (Å²) >= 11 is 0. The number of anilines is 1. The molecule has 0 radical (unpaired) electrons. The molecule has 0 aliphatic heterocycles. The lowest BCUT2D eigenvalue weighted by molar-refractivity contribution is 0.258. The molecule has 0 saturated carbocycles. The van der Waals surface area contributed by atoms with Crippen LogP contribution in [0.2, 0.25) is 0 Å². The summed E-state index contributed by atoms with van der Waals surface area (Å²) in [5.41, 5.74) is -0.130. The highest BCUT2D eigenvalue weighted by molar-refractivity contribution is 5.32. The summed E-state index contributed by atoms with van der Waals surface area (Å²) in [7, 11) is 0. The lowest BCUT2D eigenvalue weighted by Gasteiger charge is -2.14. The number of aryl methyl sites for hydroxylation is 1. The van der Waals surface area contributed by atoms with Gasteiger partial charge < -0.3 is 15.4 Å². The van der Waals surface area contributed by atoms with Crippen molar-refractivity contribution in [1.82, 2.24) is 9.97 Å². The van der Waals surface area contributed by atoms with Gasteiger partial charge in [-0.15, -0.1) is 0 Å². The third-order valence-electron chi connectivity index (χ3n) is 2.81. The summed E-state index contributed by atoms with van der Waals surface area (Å²) in [5.74, 6) is 1.71. The Kier molecular flexibility index (Phi) is 5.69. The number of aliphatic hydroxyl groups excluding tert-OH is 1. The first-order valence-electron chi connectivity index (χ1n) is 6.14. The predicted molar refractivity (Wildman–Crippen MR) is 68.2 cm³/mol. The average molecular weight is 239 g/mol. The first-order valence-corrected chi connectivity index (χ1v) is 6.14. The number of hydrogen-bond donors (Lipinski definition) is 3. The summed E-state index contributed by atoms with van der Waals surface area (Å²) in [6, 6.07) is 1.46. The first-order chi connectivity index (χ1) is 8.19. The van der Waals surface area contributed by atoms with Crippen LogP contribution in [-0.2, 0) is 6.42 Å². The summed E-state index contributed by atoms with van der Waals surface area (Å²) in [6.45, 7) is 4.97. The van der Waals surface area contributed by atoms with Crippen molar-refractivity contribution in [2.24, 2.45) is 5.92 Å². The van der Waals surface area contributed by atoms with Crippen LogP contribution in [0.5, 0.6) is 0 Å². The van der Waals surface area contributed by atoms with Gasteiger partial charge in [-0.2, -0.15) is 0 Å². The van der Waals surface area contributed by atoms with E-state index >= 15 is 0 Å². The second-order valence-corrected chi connectivity index (χ2v) is 4.10. The number of aliphatic hydroxyl groups is 1. The summed E-state index contributed by atoms with van der Waals surface area (Å²) in [5, 5.41) is 12.0. The first kappa shape index (κ1) is 13.7. The zero-order valence-corrected chi connectivity index (χ0v) is 10.5. The highest BCUT2D eigenvalue weighted by Gasteiger charge is 2.06. The number of rotatable bonds is 7. The molecule has 5 heteroatoms. The molecule has 5 nitrogen and oxygen atoms in total. The zero-order chi connectivity index (χ0) is 12.7. The maximum atomic E-state index is 11.3. The zero-order valence-electron chi connectivity index (χ0n) is 10.5. The third kappa shape index (κ3) is 4.56. The van der Waals surface area contributed by atoms with Gasteiger partial charge >= 0.3 is 0 Å². The van der Waals surface area contributed by atoms with E-state index in [-0.39, 0.29) is 12.2 Å². The predicted octanol–water partition coefficient (Wildman–Crippen LogP) is 1.15. The van der Waals surface area contributed by atoms with Gasteiger partial charge in [0.25, 0.3) is 5.56 Å². The molecule has 0 amide bonds. The van der Waals surface area contributed by atoms with Crippen LogP contribution in [-0.4, -0.2) is 28.2 Å². The fraction of sp³-hybridized carbons (Fsp3) is 0.667. The Hall–Kier alpha value is -1.36. The van der Waals surface area contributed by atoms with Crippen molar-refractivity contribution < 1.29 is 5.11 Å². The van der Waals surface area contributed by atoms with Gasteiger partial charge in [0, 0.05) is 25.6 Å². The molecular formula is C12H21N3O2. The molecule has 0 saturated heterocycles. The molecule has 0 aliphatic carbocycles. The molecule has 1 atom stereocenters. The third-order valence-corrected chi connectivity index (χ3v) is 2.81. The number of aromatic nitrogens is 2. The molecule has 1 aromatic heterocycles. The van der Waals surface area contributed by atoms with E-state index in [4.69, 9.17) is 5.11 Å². The molecule has 0 bridgehead atoms. The van der Waals surface area contributed by atoms with Crippen molar-refractivity contribution in [2.45, 2.75) is 33.1 Å². The van der Waals surface area contributed by atoms with E-state index in [1.54, 1.807) is 0 Å². The van der Waals surface area contributed by atoms with Crippen molar-refractivity contribution in [3.8, 4) is 0 Å². The lowest BCUT2D eigenvalue weighted by atomic mass is 10.0. The van der Waals surface area contributed by atoms with Gasteiger partial charge in [0.1, 0.15) is 11.6 Å². The molecule has 1 rings (SSSR count). The van der Waals surface area contributed by atoms with Crippen LogP contribution in [0, 0.1) is 5.92 Å². The van der Waals surface area contributed by atoms with E-state index in [9.17, 15) is 4.79 Å². The fourth-order valence-corrected chi connectivity index (χ4v) is 1.65. The standard InChI is InChI=1S/C12H21N3O2/c1-3-9(5-6-16)8-13-11-7-12(17)15-10(4-2)14-11/h7,9,16H,3-6,8H2,1-2H3,(H2,13,14,15,17). The minimum Gasteiger partial charge on any atom is -0.396 e. The molecule has 1 aromatic rings. The molecule has 0 aliphatic rings. The van der Waals surface area contributed by atoms with Crippen molar-refractivity contribution in [3.63, 3.8) is 0 Å². The van der Waals surface area contributed by atoms with Gasteiger partial charge in [-0.1, -0.05) is 20.3 Å². The molecule has 17 heavy (non-hydrogen) atoms. The Morgan fingerprint density at radius 1 is 1.53 bits per heavy atom. The summed E-state index contributed by atoms with van der Waals surface area (Å²) in [4.78, 5) is 18.3. The number of nitrogens with zero attached hydrogens (tertiary/aromatic N) is 1. The van der Waals surface area contributed by atoms with Crippen LogP contribution in [0.25, 0.3) is 0 Å². The highest BCUT2D eigenvalue weighted by Crippen LogP contribution is 2.09. The van der Waals surface area contributed by atoms with Crippen molar-refractivity contribution in [3.05, 3.63) is 22.2 Å². The molecule has 1 heterocycles.